The topological polar surface area (TPSA) is 26.3 Å². The molecule has 1 aliphatic rings. The minimum atomic E-state index is 0.00546. The summed E-state index contributed by atoms with van der Waals surface area (Å²) in [6, 6.07) is 0. The summed E-state index contributed by atoms with van der Waals surface area (Å²) in [5.41, 5.74) is 1.33. The second-order valence-corrected chi connectivity index (χ2v) is 4.05. The van der Waals surface area contributed by atoms with Crippen LogP contribution in [0.15, 0.2) is 11.6 Å². The lowest BCUT2D eigenvalue weighted by molar-refractivity contribution is -0.149. The minimum Gasteiger partial charge on any atom is -0.465 e. The predicted molar refractivity (Wildman–Crippen MR) is 57.0 cm³/mol. The number of ether oxygens (including phenoxy) is 1. The molecule has 0 radical (unpaired) electrons. The van der Waals surface area contributed by atoms with E-state index in [0.29, 0.717) is 6.61 Å². The molecule has 0 heterocycles. The number of hydrogen-bond acceptors (Lipinski definition) is 2. The van der Waals surface area contributed by atoms with Crippen LogP contribution in [0, 0.1) is 5.92 Å². The van der Waals surface area contributed by atoms with Crippen LogP contribution in [0.5, 0.6) is 0 Å². The van der Waals surface area contributed by atoms with Gasteiger partial charge in [-0.2, -0.15) is 0 Å². The second-order valence-electron chi connectivity index (χ2n) is 4.05. The first-order chi connectivity index (χ1) is 6.74. The van der Waals surface area contributed by atoms with Crippen molar-refractivity contribution in [2.75, 3.05) is 6.61 Å². The van der Waals surface area contributed by atoms with E-state index >= 15 is 0 Å². The van der Waals surface area contributed by atoms with E-state index in [2.05, 4.69) is 19.9 Å². The van der Waals surface area contributed by atoms with Gasteiger partial charge in [-0.3, -0.25) is 4.79 Å². The Hall–Kier alpha value is -0.790. The Morgan fingerprint density at radius 1 is 1.64 bits per heavy atom. The number of allylic oxidation sites excluding steroid dienone is 2. The number of carbonyl (C=O) groups excluding carboxylic acids is 1. The SMILES string of the molecule is CCCCOC(=O)C1CCC=C(C)C1. The first kappa shape index (κ1) is 11.3. The van der Waals surface area contributed by atoms with Crippen molar-refractivity contribution in [2.45, 2.75) is 46.0 Å². The van der Waals surface area contributed by atoms with Crippen LogP contribution in [0.1, 0.15) is 46.0 Å². The van der Waals surface area contributed by atoms with Gasteiger partial charge in [0.15, 0.2) is 0 Å². The maximum Gasteiger partial charge on any atom is 0.309 e. The molecule has 1 atom stereocenters. The Balaban J connectivity index is 2.27. The van der Waals surface area contributed by atoms with Gasteiger partial charge in [0.05, 0.1) is 12.5 Å². The maximum absolute atomic E-state index is 11.6. The molecule has 0 aliphatic heterocycles. The molecule has 0 amide bonds. The summed E-state index contributed by atoms with van der Waals surface area (Å²) >= 11 is 0. The molecule has 0 aromatic heterocycles. The van der Waals surface area contributed by atoms with Crippen molar-refractivity contribution >= 4 is 5.97 Å². The fraction of sp³-hybridized carbons (Fsp3) is 0.750. The largest absolute Gasteiger partial charge is 0.465 e. The van der Waals surface area contributed by atoms with Crippen LogP contribution >= 0.6 is 0 Å². The highest BCUT2D eigenvalue weighted by molar-refractivity contribution is 5.73. The van der Waals surface area contributed by atoms with E-state index in [-0.39, 0.29) is 11.9 Å². The molecule has 0 saturated carbocycles. The summed E-state index contributed by atoms with van der Waals surface area (Å²) in [5.74, 6) is 0.128. The predicted octanol–water partition coefficient (Wildman–Crippen LogP) is 3.08. The Morgan fingerprint density at radius 2 is 2.43 bits per heavy atom. The lowest BCUT2D eigenvalue weighted by Crippen LogP contribution is -2.20. The van der Waals surface area contributed by atoms with Gasteiger partial charge in [0, 0.05) is 0 Å². The Bertz CT molecular complexity index is 218. The molecule has 80 valence electrons. The lowest BCUT2D eigenvalue weighted by Gasteiger charge is -2.19. The van der Waals surface area contributed by atoms with Crippen molar-refractivity contribution in [3.8, 4) is 0 Å². The van der Waals surface area contributed by atoms with Crippen LogP contribution in [0.25, 0.3) is 0 Å². The number of rotatable bonds is 4. The first-order valence-corrected chi connectivity index (χ1v) is 5.56. The molecule has 0 aromatic rings. The Morgan fingerprint density at radius 3 is 3.07 bits per heavy atom. The van der Waals surface area contributed by atoms with Gasteiger partial charge in [-0.25, -0.2) is 0 Å². The molecular formula is C12H20O2. The number of esters is 1. The van der Waals surface area contributed by atoms with Gasteiger partial charge < -0.3 is 4.74 Å². The van der Waals surface area contributed by atoms with Crippen molar-refractivity contribution in [2.24, 2.45) is 5.92 Å². The molecule has 2 nitrogen and oxygen atoms in total. The molecular weight excluding hydrogens is 176 g/mol. The van der Waals surface area contributed by atoms with Gasteiger partial charge in [0.25, 0.3) is 0 Å². The van der Waals surface area contributed by atoms with Gasteiger partial charge in [-0.15, -0.1) is 0 Å². The third kappa shape index (κ3) is 3.52. The van der Waals surface area contributed by atoms with E-state index in [4.69, 9.17) is 4.74 Å². The third-order valence-corrected chi connectivity index (χ3v) is 2.65. The number of carbonyl (C=O) groups is 1. The number of hydrogen-bond donors (Lipinski definition) is 0. The smallest absolute Gasteiger partial charge is 0.309 e. The van der Waals surface area contributed by atoms with E-state index in [9.17, 15) is 4.79 Å². The quantitative estimate of drug-likeness (QED) is 0.392. The fourth-order valence-electron chi connectivity index (χ4n) is 1.74. The van der Waals surface area contributed by atoms with Crippen LogP contribution in [0.4, 0.5) is 0 Å². The van der Waals surface area contributed by atoms with Crippen molar-refractivity contribution in [3.05, 3.63) is 11.6 Å². The summed E-state index contributed by atoms with van der Waals surface area (Å²) in [4.78, 5) is 11.6. The van der Waals surface area contributed by atoms with Crippen LogP contribution < -0.4 is 0 Å². The highest BCUT2D eigenvalue weighted by Crippen LogP contribution is 2.24. The van der Waals surface area contributed by atoms with Crippen molar-refractivity contribution in [1.82, 2.24) is 0 Å². The first-order valence-electron chi connectivity index (χ1n) is 5.56. The number of unbranched alkanes of at least 4 members (excludes halogenated alkanes) is 1. The van der Waals surface area contributed by atoms with E-state index in [0.717, 1.165) is 32.1 Å². The third-order valence-electron chi connectivity index (χ3n) is 2.65. The van der Waals surface area contributed by atoms with Crippen LogP contribution in [0.2, 0.25) is 0 Å². The molecule has 0 saturated heterocycles. The van der Waals surface area contributed by atoms with E-state index in [1.807, 2.05) is 0 Å². The molecule has 1 unspecified atom stereocenters. The van der Waals surface area contributed by atoms with E-state index in [1.165, 1.54) is 5.57 Å². The minimum absolute atomic E-state index is 0.00546. The van der Waals surface area contributed by atoms with Gasteiger partial charge in [0.1, 0.15) is 0 Å². The van der Waals surface area contributed by atoms with Crippen LogP contribution in [-0.4, -0.2) is 12.6 Å². The molecule has 0 fully saturated rings. The molecule has 0 N–H and O–H groups in total. The second kappa shape index (κ2) is 5.84. The normalized spacial score (nSPS) is 21.6. The zero-order valence-electron chi connectivity index (χ0n) is 9.21. The molecule has 1 rings (SSSR count). The van der Waals surface area contributed by atoms with Gasteiger partial charge >= 0.3 is 5.97 Å². The zero-order chi connectivity index (χ0) is 10.4. The van der Waals surface area contributed by atoms with Crippen LogP contribution in [0.3, 0.4) is 0 Å². The monoisotopic (exact) mass is 196 g/mol. The summed E-state index contributed by atoms with van der Waals surface area (Å²) < 4.78 is 5.20. The molecule has 14 heavy (non-hydrogen) atoms. The zero-order valence-corrected chi connectivity index (χ0v) is 9.21. The van der Waals surface area contributed by atoms with Gasteiger partial charge in [0.2, 0.25) is 0 Å². The summed E-state index contributed by atoms with van der Waals surface area (Å²) in [6.07, 6.45) is 7.16. The van der Waals surface area contributed by atoms with E-state index in [1.54, 1.807) is 0 Å². The van der Waals surface area contributed by atoms with E-state index < -0.39 is 0 Å². The molecule has 0 spiro atoms. The standard InChI is InChI=1S/C12H20O2/c1-3-4-8-14-12(13)11-7-5-6-10(2)9-11/h6,11H,3-5,7-9H2,1-2H3. The Labute approximate surface area is 86.3 Å². The molecule has 0 bridgehead atoms. The molecule has 1 aliphatic carbocycles. The Kier molecular flexibility index (Phi) is 4.71. The molecule has 2 heteroatoms. The van der Waals surface area contributed by atoms with Gasteiger partial charge in [-0.1, -0.05) is 25.0 Å². The highest BCUT2D eigenvalue weighted by Gasteiger charge is 2.21. The fourth-order valence-corrected chi connectivity index (χ4v) is 1.74. The van der Waals surface area contributed by atoms with Crippen molar-refractivity contribution < 1.29 is 9.53 Å². The summed E-state index contributed by atoms with van der Waals surface area (Å²) in [7, 11) is 0. The summed E-state index contributed by atoms with van der Waals surface area (Å²) in [5, 5.41) is 0. The highest BCUT2D eigenvalue weighted by atomic mass is 16.5. The van der Waals surface area contributed by atoms with Crippen LogP contribution in [-0.2, 0) is 9.53 Å². The summed E-state index contributed by atoms with van der Waals surface area (Å²) in [6.45, 7) is 4.78. The lowest BCUT2D eigenvalue weighted by atomic mass is 9.90. The molecule has 0 aromatic carbocycles. The van der Waals surface area contributed by atoms with Gasteiger partial charge in [-0.05, 0) is 32.6 Å². The van der Waals surface area contributed by atoms with Crippen molar-refractivity contribution in [3.63, 3.8) is 0 Å². The van der Waals surface area contributed by atoms with Crippen molar-refractivity contribution in [1.29, 1.82) is 0 Å². The maximum atomic E-state index is 11.6. The average molecular weight is 196 g/mol. The average Bonchev–Trinajstić information content (AvgIpc) is 2.18.